The number of para-hydroxylation sites is 2. The van der Waals surface area contributed by atoms with Gasteiger partial charge >= 0.3 is 0 Å². The fraction of sp³-hybridized carbons (Fsp3) is 0. The lowest BCUT2D eigenvalue weighted by Gasteiger charge is -2.17. The molecule has 0 radical (unpaired) electrons. The van der Waals surface area contributed by atoms with Crippen molar-refractivity contribution in [3.63, 3.8) is 0 Å². The molecule has 0 fully saturated rings. The molecule has 0 bridgehead atoms. The molecule has 0 saturated carbocycles. The zero-order valence-electron chi connectivity index (χ0n) is 10.9. The predicted octanol–water partition coefficient (Wildman–Crippen LogP) is 3.97. The summed E-state index contributed by atoms with van der Waals surface area (Å²) < 4.78 is 0. The van der Waals surface area contributed by atoms with Gasteiger partial charge in [0, 0.05) is 17.2 Å². The molecule has 2 aromatic rings. The normalized spacial score (nSPS) is 15.9. The number of anilines is 1. The van der Waals surface area contributed by atoms with E-state index in [1.807, 2.05) is 42.5 Å². The smallest absolute Gasteiger partial charge is 0.125 e. The molecule has 3 rings (SSSR count). The van der Waals surface area contributed by atoms with Crippen LogP contribution < -0.4 is 5.73 Å². The monoisotopic (exact) mass is 262 g/mol. The highest BCUT2D eigenvalue weighted by atomic mass is 16.3. The van der Waals surface area contributed by atoms with E-state index in [4.69, 9.17) is 5.73 Å². The number of hydrogen-bond acceptors (Lipinski definition) is 3. The summed E-state index contributed by atoms with van der Waals surface area (Å²) in [6, 6.07) is 14.9. The molecular weight excluding hydrogens is 248 g/mol. The minimum Gasteiger partial charge on any atom is -0.507 e. The second kappa shape index (κ2) is 4.70. The molecule has 0 amide bonds. The van der Waals surface area contributed by atoms with Gasteiger partial charge in [-0.2, -0.15) is 0 Å². The largest absolute Gasteiger partial charge is 0.507 e. The Morgan fingerprint density at radius 3 is 2.35 bits per heavy atom. The average molecular weight is 262 g/mol. The third kappa shape index (κ3) is 1.99. The van der Waals surface area contributed by atoms with Crippen molar-refractivity contribution in [3.8, 4) is 0 Å². The molecule has 0 heterocycles. The maximum Gasteiger partial charge on any atom is 0.125 e. The number of nitrogens with zero attached hydrogens (tertiary/aromatic N) is 1. The number of nitrogens with two attached hydrogens (primary N) is 1. The Morgan fingerprint density at radius 1 is 0.950 bits per heavy atom. The summed E-state index contributed by atoms with van der Waals surface area (Å²) in [5, 5.41) is 10.1. The topological polar surface area (TPSA) is 58.6 Å². The van der Waals surface area contributed by atoms with Gasteiger partial charge in [-0.3, -0.25) is 0 Å². The highest BCUT2D eigenvalue weighted by Gasteiger charge is 2.18. The second-order valence-corrected chi connectivity index (χ2v) is 4.61. The Labute approximate surface area is 117 Å². The van der Waals surface area contributed by atoms with Gasteiger partial charge in [-0.1, -0.05) is 43.0 Å². The summed E-state index contributed by atoms with van der Waals surface area (Å²) in [6.45, 7) is 4.07. The van der Waals surface area contributed by atoms with E-state index in [1.165, 1.54) is 0 Å². The summed E-state index contributed by atoms with van der Waals surface area (Å²) >= 11 is 0. The molecule has 0 atom stereocenters. The lowest BCUT2D eigenvalue weighted by atomic mass is 9.91. The summed E-state index contributed by atoms with van der Waals surface area (Å²) in [4.78, 5) is 4.50. The van der Waals surface area contributed by atoms with Crippen molar-refractivity contribution in [3.05, 3.63) is 72.3 Å². The summed E-state index contributed by atoms with van der Waals surface area (Å²) in [5.74, 6) is 0.196. The quantitative estimate of drug-likeness (QED) is 0.764. The van der Waals surface area contributed by atoms with Gasteiger partial charge in [-0.15, -0.1) is 0 Å². The maximum atomic E-state index is 10.1. The van der Waals surface area contributed by atoms with Gasteiger partial charge in [0.1, 0.15) is 5.76 Å². The summed E-state index contributed by atoms with van der Waals surface area (Å²) in [5.41, 5.74) is 10.2. The number of fused-ring (bicyclic) bond motifs is 1. The van der Waals surface area contributed by atoms with Crippen LogP contribution in [0, 0.1) is 0 Å². The molecule has 0 aromatic heterocycles. The van der Waals surface area contributed by atoms with Gasteiger partial charge in [-0.05, 0) is 17.7 Å². The molecule has 3 heteroatoms. The Hall–Kier alpha value is -2.81. The van der Waals surface area contributed by atoms with E-state index >= 15 is 0 Å². The number of allylic oxidation sites excluding steroid dienone is 2. The van der Waals surface area contributed by atoms with Crippen LogP contribution >= 0.6 is 0 Å². The summed E-state index contributed by atoms with van der Waals surface area (Å²) in [6.07, 6.45) is 1.62. The third-order valence-corrected chi connectivity index (χ3v) is 3.29. The zero-order valence-corrected chi connectivity index (χ0v) is 10.9. The van der Waals surface area contributed by atoms with Crippen molar-refractivity contribution in [2.24, 2.45) is 4.99 Å². The van der Waals surface area contributed by atoms with Crippen molar-refractivity contribution in [1.29, 1.82) is 0 Å². The zero-order chi connectivity index (χ0) is 14.1. The third-order valence-electron chi connectivity index (χ3n) is 3.29. The van der Waals surface area contributed by atoms with Crippen LogP contribution in [0.4, 0.5) is 11.4 Å². The molecule has 1 aliphatic rings. The average Bonchev–Trinajstić information content (AvgIpc) is 2.47. The Bertz CT molecular complexity index is 757. The molecule has 0 spiro atoms. The lowest BCUT2D eigenvalue weighted by Crippen LogP contribution is -2.07. The Kier molecular flexibility index (Phi) is 2.88. The highest BCUT2D eigenvalue weighted by Crippen LogP contribution is 2.32. The minimum absolute atomic E-state index is 0.196. The van der Waals surface area contributed by atoms with Crippen molar-refractivity contribution in [1.82, 2.24) is 0 Å². The van der Waals surface area contributed by atoms with E-state index in [-0.39, 0.29) is 5.76 Å². The van der Waals surface area contributed by atoms with Crippen LogP contribution in [0.1, 0.15) is 11.1 Å². The summed E-state index contributed by atoms with van der Waals surface area (Å²) in [7, 11) is 0. The van der Waals surface area contributed by atoms with E-state index in [1.54, 1.807) is 12.1 Å². The number of rotatable bonds is 1. The molecular formula is C17H14N2O. The molecule has 98 valence electrons. The van der Waals surface area contributed by atoms with Crippen LogP contribution in [0.15, 0.2) is 66.2 Å². The number of nitrogen functional groups attached to an aromatic ring is 1. The van der Waals surface area contributed by atoms with E-state index in [0.717, 1.165) is 16.7 Å². The van der Waals surface area contributed by atoms with Gasteiger partial charge in [0.25, 0.3) is 0 Å². The van der Waals surface area contributed by atoms with Gasteiger partial charge in [-0.25, -0.2) is 4.99 Å². The standard InChI is InChI=1S/C17H14N2O/c1-11-12-6-2-3-7-13(12)17(20)10-16(11)19-15-9-5-4-8-14(15)18/h2-10,20H,1,18H2/b19-16-. The first-order chi connectivity index (χ1) is 9.66. The van der Waals surface area contributed by atoms with Crippen LogP contribution in [0.5, 0.6) is 0 Å². The first-order valence-corrected chi connectivity index (χ1v) is 6.30. The second-order valence-electron chi connectivity index (χ2n) is 4.61. The highest BCUT2D eigenvalue weighted by molar-refractivity contribution is 6.33. The fourth-order valence-corrected chi connectivity index (χ4v) is 2.22. The maximum absolute atomic E-state index is 10.1. The minimum atomic E-state index is 0.196. The van der Waals surface area contributed by atoms with Crippen LogP contribution in [0.2, 0.25) is 0 Å². The van der Waals surface area contributed by atoms with Gasteiger partial charge in [0.15, 0.2) is 0 Å². The first-order valence-electron chi connectivity index (χ1n) is 6.30. The molecule has 1 aliphatic carbocycles. The molecule has 20 heavy (non-hydrogen) atoms. The van der Waals surface area contributed by atoms with E-state index in [2.05, 4.69) is 11.6 Å². The SMILES string of the molecule is C=C1/C(=N\c2ccccc2N)C=C(O)c2ccccc21. The molecule has 3 nitrogen and oxygen atoms in total. The van der Waals surface area contributed by atoms with Crippen molar-refractivity contribution >= 4 is 28.4 Å². The lowest BCUT2D eigenvalue weighted by molar-refractivity contribution is 0.512. The van der Waals surface area contributed by atoms with Crippen LogP contribution in [-0.2, 0) is 0 Å². The molecule has 0 unspecified atom stereocenters. The Balaban J connectivity index is 2.12. The van der Waals surface area contributed by atoms with E-state index in [0.29, 0.717) is 17.1 Å². The predicted molar refractivity (Wildman–Crippen MR) is 84.0 cm³/mol. The molecule has 2 aromatic carbocycles. The number of aliphatic imine (C=N–C) groups is 1. The first kappa shape index (κ1) is 12.2. The van der Waals surface area contributed by atoms with E-state index < -0.39 is 0 Å². The van der Waals surface area contributed by atoms with Crippen LogP contribution in [0.3, 0.4) is 0 Å². The number of aliphatic hydroxyl groups excluding tert-OH is 1. The van der Waals surface area contributed by atoms with Crippen LogP contribution in [0.25, 0.3) is 11.3 Å². The van der Waals surface area contributed by atoms with Gasteiger partial charge < -0.3 is 10.8 Å². The molecule has 0 aliphatic heterocycles. The molecule has 3 N–H and O–H groups in total. The number of benzene rings is 2. The Morgan fingerprint density at radius 2 is 1.60 bits per heavy atom. The van der Waals surface area contributed by atoms with Crippen molar-refractivity contribution < 1.29 is 5.11 Å². The van der Waals surface area contributed by atoms with E-state index in [9.17, 15) is 5.11 Å². The number of hydrogen-bond donors (Lipinski definition) is 2. The van der Waals surface area contributed by atoms with Gasteiger partial charge in [0.05, 0.1) is 17.1 Å². The van der Waals surface area contributed by atoms with Gasteiger partial charge in [0.2, 0.25) is 0 Å². The number of aliphatic hydroxyl groups is 1. The molecule has 0 saturated heterocycles. The fourth-order valence-electron chi connectivity index (χ4n) is 2.22. The van der Waals surface area contributed by atoms with Crippen molar-refractivity contribution in [2.75, 3.05) is 5.73 Å². The van der Waals surface area contributed by atoms with Crippen molar-refractivity contribution in [2.45, 2.75) is 0 Å². The van der Waals surface area contributed by atoms with Crippen LogP contribution in [-0.4, -0.2) is 10.8 Å².